The molecule has 0 bridgehead atoms. The lowest BCUT2D eigenvalue weighted by Crippen LogP contribution is -2.51. The summed E-state index contributed by atoms with van der Waals surface area (Å²) in [5.74, 6) is 0.110. The Labute approximate surface area is 112 Å². The van der Waals surface area contributed by atoms with E-state index < -0.39 is 11.6 Å². The zero-order chi connectivity index (χ0) is 13.9. The molecule has 5 heteroatoms. The fourth-order valence-electron chi connectivity index (χ4n) is 1.32. The lowest BCUT2D eigenvalue weighted by molar-refractivity contribution is 0.0707. The van der Waals surface area contributed by atoms with Crippen LogP contribution in [0.4, 0.5) is 0 Å². The van der Waals surface area contributed by atoms with Crippen molar-refractivity contribution in [3.05, 3.63) is 28.8 Å². The number of halogens is 1. The standard InChI is InChI=1S/C13H18ClNO3/c1-8(16)13(2,3)15-12(17)10-7-9(14)5-6-11(10)18-4/h5-8,16H,1-4H3,(H,15,17). The number of carbonyl (C=O) groups excluding carboxylic acids is 1. The summed E-state index contributed by atoms with van der Waals surface area (Å²) in [7, 11) is 1.49. The second-order valence-electron chi connectivity index (χ2n) is 4.70. The highest BCUT2D eigenvalue weighted by atomic mass is 35.5. The minimum absolute atomic E-state index is 0.333. The van der Waals surface area contributed by atoms with E-state index in [0.717, 1.165) is 0 Å². The number of nitrogens with one attached hydrogen (secondary N) is 1. The molecule has 0 saturated carbocycles. The Bertz CT molecular complexity index is 444. The van der Waals surface area contributed by atoms with Gasteiger partial charge in [-0.2, -0.15) is 0 Å². The van der Waals surface area contributed by atoms with Crippen LogP contribution in [0, 0.1) is 0 Å². The van der Waals surface area contributed by atoms with Crippen LogP contribution in [0.25, 0.3) is 0 Å². The van der Waals surface area contributed by atoms with E-state index in [2.05, 4.69) is 5.32 Å². The lowest BCUT2D eigenvalue weighted by Gasteiger charge is -2.29. The van der Waals surface area contributed by atoms with E-state index in [0.29, 0.717) is 16.3 Å². The minimum atomic E-state index is -0.732. The van der Waals surface area contributed by atoms with Crippen LogP contribution < -0.4 is 10.1 Å². The van der Waals surface area contributed by atoms with Gasteiger partial charge in [0.15, 0.2) is 0 Å². The van der Waals surface area contributed by atoms with Crippen LogP contribution in [0.15, 0.2) is 18.2 Å². The van der Waals surface area contributed by atoms with Crippen molar-refractivity contribution in [2.45, 2.75) is 32.4 Å². The highest BCUT2D eigenvalue weighted by Gasteiger charge is 2.27. The Hall–Kier alpha value is -1.26. The van der Waals surface area contributed by atoms with E-state index >= 15 is 0 Å². The van der Waals surface area contributed by atoms with Crippen molar-refractivity contribution in [2.24, 2.45) is 0 Å². The van der Waals surface area contributed by atoms with Crippen LogP contribution in [0.5, 0.6) is 5.75 Å². The summed E-state index contributed by atoms with van der Waals surface area (Å²) < 4.78 is 5.11. The third-order valence-corrected chi connectivity index (χ3v) is 3.12. The Morgan fingerprint density at radius 1 is 1.50 bits per heavy atom. The number of benzene rings is 1. The first-order chi connectivity index (χ1) is 8.27. The highest BCUT2D eigenvalue weighted by molar-refractivity contribution is 6.31. The van der Waals surface area contributed by atoms with Crippen LogP contribution in [-0.2, 0) is 0 Å². The summed E-state index contributed by atoms with van der Waals surface area (Å²) in [5, 5.41) is 12.8. The average Bonchev–Trinajstić information content (AvgIpc) is 2.28. The molecule has 2 N–H and O–H groups in total. The summed E-state index contributed by atoms with van der Waals surface area (Å²) in [6.07, 6.45) is -0.674. The van der Waals surface area contributed by atoms with Gasteiger partial charge in [0, 0.05) is 5.02 Å². The van der Waals surface area contributed by atoms with Gasteiger partial charge in [-0.15, -0.1) is 0 Å². The molecule has 0 aromatic heterocycles. The van der Waals surface area contributed by atoms with E-state index in [1.807, 2.05) is 0 Å². The number of rotatable bonds is 4. The first kappa shape index (κ1) is 14.8. The molecule has 1 rings (SSSR count). The van der Waals surface area contributed by atoms with Crippen LogP contribution in [-0.4, -0.2) is 29.8 Å². The Balaban J connectivity index is 3.01. The van der Waals surface area contributed by atoms with Crippen LogP contribution >= 0.6 is 11.6 Å². The lowest BCUT2D eigenvalue weighted by atomic mass is 9.98. The zero-order valence-corrected chi connectivity index (χ0v) is 11.7. The van der Waals surface area contributed by atoms with Gasteiger partial charge >= 0.3 is 0 Å². The van der Waals surface area contributed by atoms with Gasteiger partial charge in [-0.1, -0.05) is 11.6 Å². The molecular weight excluding hydrogens is 254 g/mol. The molecule has 0 aliphatic carbocycles. The van der Waals surface area contributed by atoms with Crippen molar-refractivity contribution in [1.82, 2.24) is 5.32 Å². The number of hydrogen-bond acceptors (Lipinski definition) is 3. The molecule has 1 amide bonds. The van der Waals surface area contributed by atoms with Crippen molar-refractivity contribution in [1.29, 1.82) is 0 Å². The second-order valence-corrected chi connectivity index (χ2v) is 5.13. The van der Waals surface area contributed by atoms with E-state index in [9.17, 15) is 9.90 Å². The van der Waals surface area contributed by atoms with Gasteiger partial charge in [-0.05, 0) is 39.0 Å². The second kappa shape index (κ2) is 5.59. The first-order valence-corrected chi connectivity index (χ1v) is 6.00. The van der Waals surface area contributed by atoms with Gasteiger partial charge in [-0.3, -0.25) is 4.79 Å². The van der Waals surface area contributed by atoms with Gasteiger partial charge in [0.05, 0.1) is 24.3 Å². The average molecular weight is 272 g/mol. The number of aliphatic hydroxyl groups excluding tert-OH is 1. The predicted octanol–water partition coefficient (Wildman–Crippen LogP) is 2.24. The van der Waals surface area contributed by atoms with Crippen molar-refractivity contribution < 1.29 is 14.6 Å². The molecule has 0 radical (unpaired) electrons. The van der Waals surface area contributed by atoms with E-state index in [1.165, 1.54) is 13.2 Å². The molecule has 0 spiro atoms. The van der Waals surface area contributed by atoms with Crippen molar-refractivity contribution in [3.63, 3.8) is 0 Å². The molecule has 0 heterocycles. The fraction of sp³-hybridized carbons (Fsp3) is 0.462. The highest BCUT2D eigenvalue weighted by Crippen LogP contribution is 2.23. The summed E-state index contributed by atoms with van der Waals surface area (Å²) in [6, 6.07) is 4.82. The topological polar surface area (TPSA) is 58.6 Å². The van der Waals surface area contributed by atoms with Crippen LogP contribution in [0.2, 0.25) is 5.02 Å². The van der Waals surface area contributed by atoms with Crippen LogP contribution in [0.1, 0.15) is 31.1 Å². The molecule has 0 aliphatic heterocycles. The van der Waals surface area contributed by atoms with Crippen LogP contribution in [0.3, 0.4) is 0 Å². The molecule has 1 aromatic rings. The molecule has 4 nitrogen and oxygen atoms in total. The van der Waals surface area contributed by atoms with Gasteiger partial charge < -0.3 is 15.2 Å². The summed E-state index contributed by atoms with van der Waals surface area (Å²) in [4.78, 5) is 12.1. The van der Waals surface area contributed by atoms with Gasteiger partial charge in [-0.25, -0.2) is 0 Å². The third kappa shape index (κ3) is 3.37. The maximum absolute atomic E-state index is 12.1. The Morgan fingerprint density at radius 2 is 2.11 bits per heavy atom. The number of aliphatic hydroxyl groups is 1. The van der Waals surface area contributed by atoms with Gasteiger partial charge in [0.25, 0.3) is 5.91 Å². The number of hydrogen-bond donors (Lipinski definition) is 2. The van der Waals surface area contributed by atoms with E-state index in [-0.39, 0.29) is 5.91 Å². The molecule has 0 aliphatic rings. The molecule has 100 valence electrons. The molecule has 1 unspecified atom stereocenters. The SMILES string of the molecule is COc1ccc(Cl)cc1C(=O)NC(C)(C)C(C)O. The molecule has 18 heavy (non-hydrogen) atoms. The van der Waals surface area contributed by atoms with Crippen molar-refractivity contribution >= 4 is 17.5 Å². The summed E-state index contributed by atoms with van der Waals surface area (Å²) in [5.41, 5.74) is -0.386. The number of ether oxygens (including phenoxy) is 1. The normalized spacial score (nSPS) is 13.0. The summed E-state index contributed by atoms with van der Waals surface area (Å²) >= 11 is 5.87. The number of amides is 1. The smallest absolute Gasteiger partial charge is 0.255 e. The van der Waals surface area contributed by atoms with Crippen molar-refractivity contribution in [3.8, 4) is 5.75 Å². The van der Waals surface area contributed by atoms with E-state index in [1.54, 1.807) is 32.9 Å². The number of carbonyl (C=O) groups is 1. The van der Waals surface area contributed by atoms with E-state index in [4.69, 9.17) is 16.3 Å². The maximum atomic E-state index is 12.1. The minimum Gasteiger partial charge on any atom is -0.496 e. The Kier molecular flexibility index (Phi) is 4.59. The predicted molar refractivity (Wildman–Crippen MR) is 71.2 cm³/mol. The molecule has 1 atom stereocenters. The van der Waals surface area contributed by atoms with Gasteiger partial charge in [0.1, 0.15) is 5.75 Å². The summed E-state index contributed by atoms with van der Waals surface area (Å²) in [6.45, 7) is 5.11. The Morgan fingerprint density at radius 3 is 2.61 bits per heavy atom. The maximum Gasteiger partial charge on any atom is 0.255 e. The fourth-order valence-corrected chi connectivity index (χ4v) is 1.49. The van der Waals surface area contributed by atoms with Gasteiger partial charge in [0.2, 0.25) is 0 Å². The quantitative estimate of drug-likeness (QED) is 0.883. The zero-order valence-electron chi connectivity index (χ0n) is 11.0. The molecular formula is C13H18ClNO3. The third-order valence-electron chi connectivity index (χ3n) is 2.89. The first-order valence-electron chi connectivity index (χ1n) is 5.62. The number of methoxy groups -OCH3 is 1. The monoisotopic (exact) mass is 271 g/mol. The molecule has 0 saturated heterocycles. The molecule has 1 aromatic carbocycles. The van der Waals surface area contributed by atoms with Crippen molar-refractivity contribution in [2.75, 3.05) is 7.11 Å². The largest absolute Gasteiger partial charge is 0.496 e. The molecule has 0 fully saturated rings.